The van der Waals surface area contributed by atoms with Gasteiger partial charge in [-0.15, -0.1) is 0 Å². The first-order chi connectivity index (χ1) is 11.6. The zero-order valence-corrected chi connectivity index (χ0v) is 12.9. The number of piperidine rings is 1. The lowest BCUT2D eigenvalue weighted by Gasteiger charge is -2.21. The molecule has 2 N–H and O–H groups in total. The minimum absolute atomic E-state index is 0.207. The number of hydrogen-bond acceptors (Lipinski definition) is 3. The molecule has 118 valence electrons. The van der Waals surface area contributed by atoms with E-state index in [1.165, 1.54) is 0 Å². The van der Waals surface area contributed by atoms with Crippen LogP contribution in [-0.2, 0) is 9.59 Å². The Bertz CT molecular complexity index is 980. The predicted molar refractivity (Wildman–Crippen MR) is 92.1 cm³/mol. The fourth-order valence-electron chi connectivity index (χ4n) is 3.20. The molecule has 2 aromatic rings. The second-order valence-electron chi connectivity index (χ2n) is 5.99. The quantitative estimate of drug-likeness (QED) is 0.794. The van der Waals surface area contributed by atoms with E-state index in [1.807, 2.05) is 54.6 Å². The Kier molecular flexibility index (Phi) is 3.31. The zero-order chi connectivity index (χ0) is 16.7. The van der Waals surface area contributed by atoms with Crippen molar-refractivity contribution in [2.24, 2.45) is 0 Å². The van der Waals surface area contributed by atoms with E-state index in [1.54, 1.807) is 0 Å². The SMILES string of the molecule is O=C1CC2=CC(=Cc3ccc4ccccc4c3O)CC=C2C(=O)N1. The van der Waals surface area contributed by atoms with Crippen LogP contribution in [0, 0.1) is 0 Å². The number of carbonyl (C=O) groups is 2. The molecule has 0 atom stereocenters. The molecule has 1 saturated heterocycles. The van der Waals surface area contributed by atoms with E-state index in [0.717, 1.165) is 27.5 Å². The molecule has 0 spiro atoms. The van der Waals surface area contributed by atoms with Gasteiger partial charge in [0.05, 0.1) is 6.42 Å². The van der Waals surface area contributed by atoms with Gasteiger partial charge in [-0.25, -0.2) is 0 Å². The first-order valence-electron chi connectivity index (χ1n) is 7.78. The van der Waals surface area contributed by atoms with Crippen LogP contribution in [0.2, 0.25) is 0 Å². The summed E-state index contributed by atoms with van der Waals surface area (Å²) in [5.74, 6) is -0.366. The van der Waals surface area contributed by atoms with Crippen molar-refractivity contribution in [1.29, 1.82) is 0 Å². The maximum atomic E-state index is 11.8. The summed E-state index contributed by atoms with van der Waals surface area (Å²) in [6, 6.07) is 11.5. The van der Waals surface area contributed by atoms with Crippen molar-refractivity contribution < 1.29 is 14.7 Å². The van der Waals surface area contributed by atoms with Gasteiger partial charge in [-0.05, 0) is 29.0 Å². The second-order valence-corrected chi connectivity index (χ2v) is 5.99. The molecule has 1 aliphatic heterocycles. The number of amides is 2. The number of nitrogens with one attached hydrogen (secondary N) is 1. The molecular weight excluding hydrogens is 302 g/mol. The van der Waals surface area contributed by atoms with Crippen molar-refractivity contribution in [2.45, 2.75) is 12.8 Å². The number of allylic oxidation sites excluding steroid dienone is 3. The molecule has 1 fully saturated rings. The van der Waals surface area contributed by atoms with Gasteiger partial charge in [-0.1, -0.05) is 48.6 Å². The van der Waals surface area contributed by atoms with E-state index >= 15 is 0 Å². The number of fused-ring (bicyclic) bond motifs is 2. The van der Waals surface area contributed by atoms with E-state index in [0.29, 0.717) is 12.0 Å². The van der Waals surface area contributed by atoms with Crippen LogP contribution in [0.25, 0.3) is 16.8 Å². The van der Waals surface area contributed by atoms with Crippen molar-refractivity contribution in [1.82, 2.24) is 5.32 Å². The van der Waals surface area contributed by atoms with Crippen LogP contribution >= 0.6 is 0 Å². The summed E-state index contributed by atoms with van der Waals surface area (Å²) in [5, 5.41) is 14.6. The van der Waals surface area contributed by atoms with Gasteiger partial charge < -0.3 is 5.11 Å². The van der Waals surface area contributed by atoms with Crippen molar-refractivity contribution in [3.63, 3.8) is 0 Å². The molecule has 1 heterocycles. The highest BCUT2D eigenvalue weighted by atomic mass is 16.3. The largest absolute Gasteiger partial charge is 0.507 e. The fourth-order valence-corrected chi connectivity index (χ4v) is 3.20. The third-order valence-electron chi connectivity index (χ3n) is 4.37. The molecule has 4 nitrogen and oxygen atoms in total. The normalized spacial score (nSPS) is 18.9. The van der Waals surface area contributed by atoms with E-state index in [2.05, 4.69) is 5.32 Å². The number of phenolic OH excluding ortho intramolecular Hbond substituents is 1. The number of rotatable bonds is 1. The summed E-state index contributed by atoms with van der Waals surface area (Å²) in [6.45, 7) is 0. The summed E-state index contributed by atoms with van der Waals surface area (Å²) in [5.41, 5.74) is 3.00. The zero-order valence-electron chi connectivity index (χ0n) is 12.9. The first-order valence-corrected chi connectivity index (χ1v) is 7.78. The van der Waals surface area contributed by atoms with Gasteiger partial charge in [0.25, 0.3) is 5.91 Å². The third kappa shape index (κ3) is 2.42. The van der Waals surface area contributed by atoms with Crippen LogP contribution in [0.4, 0.5) is 0 Å². The van der Waals surface area contributed by atoms with Gasteiger partial charge in [0.15, 0.2) is 0 Å². The summed E-state index contributed by atoms with van der Waals surface area (Å²) in [6.07, 6.45) is 6.41. The molecule has 24 heavy (non-hydrogen) atoms. The van der Waals surface area contributed by atoms with E-state index in [4.69, 9.17) is 0 Å². The lowest BCUT2D eigenvalue weighted by molar-refractivity contribution is -0.129. The minimum Gasteiger partial charge on any atom is -0.507 e. The third-order valence-corrected chi connectivity index (χ3v) is 4.37. The van der Waals surface area contributed by atoms with Crippen LogP contribution in [0.1, 0.15) is 18.4 Å². The Hall–Kier alpha value is -3.14. The van der Waals surface area contributed by atoms with Crippen LogP contribution in [0.15, 0.2) is 65.3 Å². The van der Waals surface area contributed by atoms with E-state index < -0.39 is 0 Å². The van der Waals surface area contributed by atoms with Crippen LogP contribution in [0.3, 0.4) is 0 Å². The van der Waals surface area contributed by atoms with Gasteiger partial charge in [0.2, 0.25) is 5.91 Å². The highest BCUT2D eigenvalue weighted by molar-refractivity contribution is 6.12. The maximum absolute atomic E-state index is 11.8. The number of hydrogen-bond donors (Lipinski definition) is 2. The summed E-state index contributed by atoms with van der Waals surface area (Å²) in [4.78, 5) is 23.3. The van der Waals surface area contributed by atoms with Crippen LogP contribution < -0.4 is 5.32 Å². The Morgan fingerprint density at radius 1 is 1.08 bits per heavy atom. The smallest absolute Gasteiger partial charge is 0.257 e. The van der Waals surface area contributed by atoms with Crippen molar-refractivity contribution >= 4 is 28.7 Å². The molecule has 1 aliphatic carbocycles. The van der Waals surface area contributed by atoms with Crippen molar-refractivity contribution in [3.8, 4) is 5.75 Å². The molecule has 0 aromatic heterocycles. The Labute approximate surface area is 138 Å². The highest BCUT2D eigenvalue weighted by Gasteiger charge is 2.26. The predicted octanol–water partition coefficient (Wildman–Crippen LogP) is 3.23. The molecule has 2 aliphatic rings. The second kappa shape index (κ2) is 5.49. The summed E-state index contributed by atoms with van der Waals surface area (Å²) < 4.78 is 0. The number of imide groups is 1. The van der Waals surface area contributed by atoms with Crippen LogP contribution in [0.5, 0.6) is 5.75 Å². The van der Waals surface area contributed by atoms with Gasteiger partial charge >= 0.3 is 0 Å². The number of carbonyl (C=O) groups excluding carboxylic acids is 2. The molecule has 4 rings (SSSR count). The van der Waals surface area contributed by atoms with E-state index in [-0.39, 0.29) is 24.0 Å². The fraction of sp³-hybridized carbons (Fsp3) is 0.100. The Balaban J connectivity index is 1.74. The molecule has 0 bridgehead atoms. The van der Waals surface area contributed by atoms with Gasteiger partial charge in [-0.2, -0.15) is 0 Å². The van der Waals surface area contributed by atoms with E-state index in [9.17, 15) is 14.7 Å². The van der Waals surface area contributed by atoms with Crippen molar-refractivity contribution in [2.75, 3.05) is 0 Å². The molecule has 2 aromatic carbocycles. The molecule has 2 amide bonds. The van der Waals surface area contributed by atoms with Gasteiger partial charge in [0.1, 0.15) is 5.75 Å². The molecule has 0 radical (unpaired) electrons. The topological polar surface area (TPSA) is 66.4 Å². The Morgan fingerprint density at radius 2 is 1.92 bits per heavy atom. The molecule has 0 unspecified atom stereocenters. The lowest BCUT2D eigenvalue weighted by Crippen LogP contribution is -2.37. The van der Waals surface area contributed by atoms with Gasteiger partial charge in [-0.3, -0.25) is 14.9 Å². The van der Waals surface area contributed by atoms with Crippen molar-refractivity contribution in [3.05, 3.63) is 70.8 Å². The molecule has 4 heteroatoms. The highest BCUT2D eigenvalue weighted by Crippen LogP contribution is 2.33. The molecule has 0 saturated carbocycles. The lowest BCUT2D eigenvalue weighted by atomic mass is 9.88. The standard InChI is InChI=1S/C20H15NO3/c22-18-11-15-10-12(5-8-17(15)20(24)21-18)9-14-7-6-13-3-1-2-4-16(13)19(14)23/h1-4,6-10,23H,5,11H2,(H,21,22,24). The van der Waals surface area contributed by atoms with Crippen LogP contribution in [-0.4, -0.2) is 16.9 Å². The average molecular weight is 317 g/mol. The average Bonchev–Trinajstić information content (AvgIpc) is 2.57. The number of benzene rings is 2. The minimum atomic E-state index is -0.329. The van der Waals surface area contributed by atoms with Gasteiger partial charge in [0, 0.05) is 16.5 Å². The number of phenols is 1. The molecular formula is C20H15NO3. The monoisotopic (exact) mass is 317 g/mol. The summed E-state index contributed by atoms with van der Waals surface area (Å²) >= 11 is 0. The maximum Gasteiger partial charge on any atom is 0.257 e. The number of aromatic hydroxyl groups is 1. The first kappa shape index (κ1) is 14.5. The summed E-state index contributed by atoms with van der Waals surface area (Å²) in [7, 11) is 0. The Morgan fingerprint density at radius 3 is 2.79 bits per heavy atom.